The number of ether oxygens (including phenoxy) is 2. The van der Waals surface area contributed by atoms with Crippen LogP contribution in [0.15, 0.2) is 47.4 Å². The van der Waals surface area contributed by atoms with Crippen molar-refractivity contribution in [2.45, 2.75) is 57.2 Å². The third-order valence-corrected chi connectivity index (χ3v) is 5.72. The number of anilines is 1. The highest BCUT2D eigenvalue weighted by molar-refractivity contribution is 7.89. The fraction of sp³-hybridized carbons (Fsp3) is 0.478. The molecule has 0 unspecified atom stereocenters. The second kappa shape index (κ2) is 12.2. The predicted molar refractivity (Wildman–Crippen MR) is 122 cm³/mol. The third kappa shape index (κ3) is 8.87. The van der Waals surface area contributed by atoms with E-state index in [0.717, 1.165) is 25.7 Å². The van der Waals surface area contributed by atoms with E-state index in [0.29, 0.717) is 24.5 Å². The monoisotopic (exact) mass is 488 g/mol. The molecule has 10 heteroatoms. The Labute approximate surface area is 193 Å². The number of unbranched alkanes of at least 4 members (excludes halogenated alkanes) is 2. The van der Waals surface area contributed by atoms with Gasteiger partial charge in [0.25, 0.3) is 0 Å². The molecule has 33 heavy (non-hydrogen) atoms. The van der Waals surface area contributed by atoms with Gasteiger partial charge in [-0.25, -0.2) is 13.6 Å². The van der Waals surface area contributed by atoms with Gasteiger partial charge in [-0.3, -0.25) is 0 Å². The molecule has 0 aromatic heterocycles. The standard InChI is InChI=1S/C23H31F3N2O4S/c1-3-5-12-28(13-6-4-2)20-14-18(16-31-17-23(24,25)26)15-21(33(27,29)30)22(20)32-19-10-8-7-9-11-19/h7-11,14-15H,3-6,12-13,16-17H2,1-2H3,(H2,27,29,30). The molecule has 0 saturated carbocycles. The van der Waals surface area contributed by atoms with Gasteiger partial charge in [-0.1, -0.05) is 44.9 Å². The second-order valence-corrected chi connectivity index (χ2v) is 9.23. The molecule has 0 heterocycles. The lowest BCUT2D eigenvalue weighted by Gasteiger charge is -2.28. The highest BCUT2D eigenvalue weighted by Crippen LogP contribution is 2.40. The normalized spacial score (nSPS) is 12.1. The molecule has 184 valence electrons. The number of primary sulfonamides is 1. The lowest BCUT2D eigenvalue weighted by atomic mass is 10.1. The van der Waals surface area contributed by atoms with E-state index in [4.69, 9.17) is 14.6 Å². The number of sulfonamides is 1. The smallest absolute Gasteiger partial charge is 0.411 e. The van der Waals surface area contributed by atoms with Gasteiger partial charge in [0, 0.05) is 13.1 Å². The van der Waals surface area contributed by atoms with Crippen molar-refractivity contribution in [2.24, 2.45) is 5.14 Å². The van der Waals surface area contributed by atoms with Gasteiger partial charge in [-0.2, -0.15) is 13.2 Å². The minimum absolute atomic E-state index is 0.0514. The van der Waals surface area contributed by atoms with Crippen LogP contribution in [0, 0.1) is 0 Å². The summed E-state index contributed by atoms with van der Waals surface area (Å²) >= 11 is 0. The van der Waals surface area contributed by atoms with Crippen LogP contribution in [-0.2, 0) is 21.4 Å². The third-order valence-electron chi connectivity index (χ3n) is 4.80. The van der Waals surface area contributed by atoms with E-state index in [-0.39, 0.29) is 16.2 Å². The molecule has 0 aliphatic heterocycles. The fourth-order valence-corrected chi connectivity index (χ4v) is 3.94. The summed E-state index contributed by atoms with van der Waals surface area (Å²) < 4.78 is 73.4. The van der Waals surface area contributed by atoms with Crippen molar-refractivity contribution in [3.8, 4) is 11.5 Å². The van der Waals surface area contributed by atoms with Crippen molar-refractivity contribution in [2.75, 3.05) is 24.6 Å². The van der Waals surface area contributed by atoms with E-state index in [9.17, 15) is 21.6 Å². The van der Waals surface area contributed by atoms with Crippen LogP contribution in [0.25, 0.3) is 0 Å². The Kier molecular flexibility index (Phi) is 10.00. The topological polar surface area (TPSA) is 81.9 Å². The van der Waals surface area contributed by atoms with E-state index >= 15 is 0 Å². The zero-order chi connectivity index (χ0) is 24.5. The maximum Gasteiger partial charge on any atom is 0.411 e. The maximum atomic E-state index is 12.6. The molecule has 0 atom stereocenters. The molecule has 2 aromatic rings. The van der Waals surface area contributed by atoms with Crippen LogP contribution in [0.5, 0.6) is 11.5 Å². The summed E-state index contributed by atoms with van der Waals surface area (Å²) in [6.07, 6.45) is -0.986. The number of rotatable bonds is 13. The SMILES string of the molecule is CCCCN(CCCC)c1cc(COCC(F)(F)F)cc(S(N)(=O)=O)c1Oc1ccccc1. The Balaban J connectivity index is 2.60. The van der Waals surface area contributed by atoms with Crippen LogP contribution < -0.4 is 14.8 Å². The van der Waals surface area contributed by atoms with Crippen molar-refractivity contribution in [1.82, 2.24) is 0 Å². The lowest BCUT2D eigenvalue weighted by molar-refractivity contribution is -0.176. The Morgan fingerprint density at radius 1 is 1.00 bits per heavy atom. The number of nitrogens with zero attached hydrogens (tertiary/aromatic N) is 1. The zero-order valence-corrected chi connectivity index (χ0v) is 19.7. The quantitative estimate of drug-likeness (QED) is 0.396. The van der Waals surface area contributed by atoms with Gasteiger partial charge in [0.15, 0.2) is 5.75 Å². The number of alkyl halides is 3. The lowest BCUT2D eigenvalue weighted by Crippen LogP contribution is -2.27. The summed E-state index contributed by atoms with van der Waals surface area (Å²) in [6.45, 7) is 3.46. The number of hydrogen-bond acceptors (Lipinski definition) is 5. The summed E-state index contributed by atoms with van der Waals surface area (Å²) in [4.78, 5) is 1.69. The fourth-order valence-electron chi connectivity index (χ4n) is 3.22. The minimum atomic E-state index is -4.49. The summed E-state index contributed by atoms with van der Waals surface area (Å²) in [6, 6.07) is 11.5. The average molecular weight is 489 g/mol. The summed E-state index contributed by atoms with van der Waals surface area (Å²) in [5.74, 6) is 0.464. The first kappa shape index (κ1) is 26.9. The molecule has 0 saturated heterocycles. The van der Waals surface area contributed by atoms with E-state index in [2.05, 4.69) is 0 Å². The molecule has 0 aliphatic carbocycles. The Morgan fingerprint density at radius 2 is 1.61 bits per heavy atom. The Bertz CT molecular complexity index is 975. The summed E-state index contributed by atoms with van der Waals surface area (Å²) in [5.41, 5.74) is 0.717. The van der Waals surface area contributed by atoms with Gasteiger partial charge < -0.3 is 14.4 Å². The second-order valence-electron chi connectivity index (χ2n) is 7.70. The largest absolute Gasteiger partial charge is 0.454 e. The van der Waals surface area contributed by atoms with Crippen LogP contribution in [0.2, 0.25) is 0 Å². The number of para-hydroxylation sites is 1. The molecule has 2 rings (SSSR count). The van der Waals surface area contributed by atoms with E-state index in [1.165, 1.54) is 6.07 Å². The molecule has 6 nitrogen and oxygen atoms in total. The van der Waals surface area contributed by atoms with E-state index in [1.54, 1.807) is 36.4 Å². The average Bonchev–Trinajstić information content (AvgIpc) is 2.74. The van der Waals surface area contributed by atoms with Gasteiger partial charge in [0.05, 0.1) is 12.3 Å². The van der Waals surface area contributed by atoms with Crippen LogP contribution >= 0.6 is 0 Å². The van der Waals surface area contributed by atoms with Gasteiger partial charge in [0.1, 0.15) is 17.3 Å². The van der Waals surface area contributed by atoms with Gasteiger partial charge >= 0.3 is 6.18 Å². The molecule has 0 radical (unpaired) electrons. The Hall–Kier alpha value is -2.30. The van der Waals surface area contributed by atoms with Gasteiger partial charge in [-0.15, -0.1) is 0 Å². The molecule has 2 N–H and O–H groups in total. The van der Waals surface area contributed by atoms with Crippen molar-refractivity contribution < 1.29 is 31.1 Å². The van der Waals surface area contributed by atoms with Crippen molar-refractivity contribution in [3.63, 3.8) is 0 Å². The van der Waals surface area contributed by atoms with Gasteiger partial charge in [0.2, 0.25) is 10.0 Å². The molecule has 0 amide bonds. The molecule has 0 bridgehead atoms. The minimum Gasteiger partial charge on any atom is -0.454 e. The van der Waals surface area contributed by atoms with Crippen LogP contribution in [-0.4, -0.2) is 34.3 Å². The first-order chi connectivity index (χ1) is 15.5. The summed E-state index contributed by atoms with van der Waals surface area (Å²) in [5, 5.41) is 5.50. The maximum absolute atomic E-state index is 12.6. The van der Waals surface area contributed by atoms with Crippen molar-refractivity contribution in [3.05, 3.63) is 48.0 Å². The van der Waals surface area contributed by atoms with Crippen LogP contribution in [0.4, 0.5) is 18.9 Å². The van der Waals surface area contributed by atoms with Crippen molar-refractivity contribution >= 4 is 15.7 Å². The molecule has 0 aliphatic rings. The van der Waals surface area contributed by atoms with Crippen LogP contribution in [0.3, 0.4) is 0 Å². The summed E-state index contributed by atoms with van der Waals surface area (Å²) in [7, 11) is -4.26. The number of benzene rings is 2. The molecule has 0 fully saturated rings. The highest BCUT2D eigenvalue weighted by atomic mass is 32.2. The van der Waals surface area contributed by atoms with Gasteiger partial charge in [-0.05, 0) is 42.7 Å². The number of hydrogen-bond donors (Lipinski definition) is 1. The zero-order valence-electron chi connectivity index (χ0n) is 18.9. The Morgan fingerprint density at radius 3 is 2.12 bits per heavy atom. The molecular formula is C23H31F3N2O4S. The first-order valence-electron chi connectivity index (χ1n) is 10.9. The van der Waals surface area contributed by atoms with E-state index in [1.807, 2.05) is 18.7 Å². The predicted octanol–water partition coefficient (Wildman–Crippen LogP) is 5.61. The first-order valence-corrected chi connectivity index (χ1v) is 12.4. The molecule has 2 aromatic carbocycles. The number of halogens is 3. The number of nitrogens with two attached hydrogens (primary N) is 1. The molecule has 0 spiro atoms. The van der Waals surface area contributed by atoms with Crippen LogP contribution in [0.1, 0.15) is 45.1 Å². The molecular weight excluding hydrogens is 457 g/mol. The highest BCUT2D eigenvalue weighted by Gasteiger charge is 2.28. The van der Waals surface area contributed by atoms with E-state index < -0.39 is 29.4 Å². The van der Waals surface area contributed by atoms with Crippen molar-refractivity contribution in [1.29, 1.82) is 0 Å².